The van der Waals surface area contributed by atoms with Crippen molar-refractivity contribution in [2.75, 3.05) is 13.1 Å². The largest absolute Gasteiger partial charge is 0.355 e. The molecule has 0 aliphatic rings. The fourth-order valence-electron chi connectivity index (χ4n) is 3.02. The Labute approximate surface area is 178 Å². The van der Waals surface area contributed by atoms with E-state index in [9.17, 15) is 9.59 Å². The molecule has 31 heavy (non-hydrogen) atoms. The number of aromatic nitrogens is 3. The van der Waals surface area contributed by atoms with Crippen LogP contribution in [-0.2, 0) is 11.2 Å². The van der Waals surface area contributed by atoms with Gasteiger partial charge < -0.3 is 15.2 Å². The number of nitrogens with one attached hydrogen (secondary N) is 2. The lowest BCUT2D eigenvalue weighted by Crippen LogP contribution is -2.37. The Balaban J connectivity index is 1.20. The molecule has 2 N–H and O–H groups in total. The van der Waals surface area contributed by atoms with E-state index in [0.717, 1.165) is 16.8 Å². The second-order valence-corrected chi connectivity index (χ2v) is 6.84. The van der Waals surface area contributed by atoms with Crippen molar-refractivity contribution in [3.63, 3.8) is 0 Å². The van der Waals surface area contributed by atoms with Crippen LogP contribution in [0.1, 0.15) is 16.1 Å². The molecule has 2 aromatic heterocycles. The summed E-state index contributed by atoms with van der Waals surface area (Å²) in [5.74, 6) is -0.239. The molecule has 4 rings (SSSR count). The second-order valence-electron chi connectivity index (χ2n) is 6.84. The van der Waals surface area contributed by atoms with Crippen LogP contribution in [0.5, 0.6) is 0 Å². The lowest BCUT2D eigenvalue weighted by molar-refractivity contribution is -0.120. The van der Waals surface area contributed by atoms with Gasteiger partial charge in [-0.1, -0.05) is 47.6 Å². The molecule has 0 atom stereocenters. The molecule has 0 fully saturated rings. The predicted molar refractivity (Wildman–Crippen MR) is 115 cm³/mol. The number of hydrogen-bond acceptors (Lipinski definition) is 5. The zero-order chi connectivity index (χ0) is 21.5. The Morgan fingerprint density at radius 3 is 2.52 bits per heavy atom. The van der Waals surface area contributed by atoms with Crippen molar-refractivity contribution < 1.29 is 14.1 Å². The van der Waals surface area contributed by atoms with Gasteiger partial charge in [0.1, 0.15) is 0 Å². The highest BCUT2D eigenvalue weighted by molar-refractivity contribution is 5.95. The number of carbonyl (C=O) groups excluding carboxylic acids is 2. The van der Waals surface area contributed by atoms with E-state index in [2.05, 4.69) is 20.9 Å². The molecular weight excluding hydrogens is 394 g/mol. The van der Waals surface area contributed by atoms with Crippen molar-refractivity contribution in [3.8, 4) is 17.0 Å². The molecule has 0 spiro atoms. The van der Waals surface area contributed by atoms with Crippen LogP contribution in [0.4, 0.5) is 0 Å². The van der Waals surface area contributed by atoms with E-state index >= 15 is 0 Å². The summed E-state index contributed by atoms with van der Waals surface area (Å²) < 4.78 is 6.99. The number of hydrogen-bond donors (Lipinski definition) is 2. The van der Waals surface area contributed by atoms with E-state index in [1.165, 1.54) is 0 Å². The monoisotopic (exact) mass is 415 g/mol. The normalized spacial score (nSPS) is 10.6. The third-order valence-corrected chi connectivity index (χ3v) is 4.65. The van der Waals surface area contributed by atoms with Gasteiger partial charge in [-0.05, 0) is 30.2 Å². The molecule has 8 heteroatoms. The number of carbonyl (C=O) groups is 2. The minimum Gasteiger partial charge on any atom is -0.355 e. The van der Waals surface area contributed by atoms with Gasteiger partial charge in [0.05, 0.1) is 12.2 Å². The molecule has 0 saturated heterocycles. The van der Waals surface area contributed by atoms with Crippen LogP contribution in [0, 0.1) is 0 Å². The van der Waals surface area contributed by atoms with Gasteiger partial charge >= 0.3 is 0 Å². The first-order chi connectivity index (χ1) is 15.2. The van der Waals surface area contributed by atoms with E-state index in [-0.39, 0.29) is 18.1 Å². The van der Waals surface area contributed by atoms with Crippen molar-refractivity contribution in [2.24, 2.45) is 0 Å². The fourth-order valence-corrected chi connectivity index (χ4v) is 3.02. The summed E-state index contributed by atoms with van der Waals surface area (Å²) in [6.45, 7) is 0.336. The molecule has 0 radical (unpaired) electrons. The van der Waals surface area contributed by atoms with Gasteiger partial charge in [0.15, 0.2) is 11.5 Å². The van der Waals surface area contributed by atoms with Crippen molar-refractivity contribution in [3.05, 3.63) is 90.4 Å². The summed E-state index contributed by atoms with van der Waals surface area (Å²) in [6, 6.07) is 20.7. The molecule has 2 aromatic carbocycles. The lowest BCUT2D eigenvalue weighted by atomic mass is 10.1. The summed E-state index contributed by atoms with van der Waals surface area (Å²) in [4.78, 5) is 24.2. The van der Waals surface area contributed by atoms with Gasteiger partial charge in [0.2, 0.25) is 5.91 Å². The van der Waals surface area contributed by atoms with Crippen LogP contribution in [0.25, 0.3) is 17.0 Å². The van der Waals surface area contributed by atoms with Gasteiger partial charge in [-0.2, -0.15) is 5.10 Å². The number of benzene rings is 2. The molecule has 156 valence electrons. The van der Waals surface area contributed by atoms with Crippen molar-refractivity contribution in [1.29, 1.82) is 0 Å². The first-order valence-corrected chi connectivity index (χ1v) is 9.85. The van der Waals surface area contributed by atoms with Crippen LogP contribution >= 0.6 is 0 Å². The maximum atomic E-state index is 12.2. The van der Waals surface area contributed by atoms with Gasteiger partial charge in [0, 0.05) is 30.6 Å². The van der Waals surface area contributed by atoms with Crippen molar-refractivity contribution in [2.45, 2.75) is 6.42 Å². The minimum absolute atomic E-state index is 0.129. The van der Waals surface area contributed by atoms with Crippen LogP contribution in [0.3, 0.4) is 0 Å². The third-order valence-electron chi connectivity index (χ3n) is 4.65. The Morgan fingerprint density at radius 1 is 0.968 bits per heavy atom. The van der Waals surface area contributed by atoms with Gasteiger partial charge in [-0.15, -0.1) is 0 Å². The van der Waals surface area contributed by atoms with E-state index in [1.54, 1.807) is 16.9 Å². The zero-order valence-corrected chi connectivity index (χ0v) is 16.7. The Morgan fingerprint density at radius 2 is 1.77 bits per heavy atom. The second kappa shape index (κ2) is 9.53. The topological polar surface area (TPSA) is 102 Å². The van der Waals surface area contributed by atoms with Crippen LogP contribution in [-0.4, -0.2) is 39.8 Å². The van der Waals surface area contributed by atoms with Gasteiger partial charge in [0.25, 0.3) is 5.91 Å². The molecule has 8 nitrogen and oxygen atoms in total. The molecular formula is C23H21N5O3. The average Bonchev–Trinajstić information content (AvgIpc) is 3.51. The van der Waals surface area contributed by atoms with E-state index < -0.39 is 5.91 Å². The summed E-state index contributed by atoms with van der Waals surface area (Å²) >= 11 is 0. The Hall–Kier alpha value is -4.20. The maximum absolute atomic E-state index is 12.2. The molecule has 0 unspecified atom stereocenters. The molecule has 0 bridgehead atoms. The highest BCUT2D eigenvalue weighted by atomic mass is 16.5. The highest BCUT2D eigenvalue weighted by Gasteiger charge is 2.14. The van der Waals surface area contributed by atoms with E-state index in [0.29, 0.717) is 18.7 Å². The van der Waals surface area contributed by atoms with Crippen LogP contribution in [0.15, 0.2) is 83.6 Å². The number of nitrogens with zero attached hydrogens (tertiary/aromatic N) is 3. The van der Waals surface area contributed by atoms with Gasteiger partial charge in [-0.25, -0.2) is 4.68 Å². The molecule has 0 saturated carbocycles. The Kier molecular flexibility index (Phi) is 6.18. The molecule has 0 aliphatic carbocycles. The standard InChI is InChI=1S/C23H21N5O3/c29-22(24-13-11-17-7-9-19(10-8-17)28-14-4-12-26-28)16-25-23(30)20-15-21(31-27-20)18-5-2-1-3-6-18/h1-10,12,14-15H,11,13,16H2,(H,24,29)(H,25,30). The van der Waals surface area contributed by atoms with Crippen molar-refractivity contribution >= 4 is 11.8 Å². The predicted octanol–water partition coefficient (Wildman–Crippen LogP) is 2.62. The lowest BCUT2D eigenvalue weighted by Gasteiger charge is -2.07. The molecule has 4 aromatic rings. The quantitative estimate of drug-likeness (QED) is 0.461. The first kappa shape index (κ1) is 20.1. The van der Waals surface area contributed by atoms with Gasteiger partial charge in [-0.3, -0.25) is 9.59 Å². The van der Waals surface area contributed by atoms with E-state index in [4.69, 9.17) is 4.52 Å². The minimum atomic E-state index is -0.463. The SMILES string of the molecule is O=C(CNC(=O)c1cc(-c2ccccc2)on1)NCCc1ccc(-n2cccn2)cc1. The third kappa shape index (κ3) is 5.24. The molecule has 2 amide bonds. The first-order valence-electron chi connectivity index (χ1n) is 9.85. The average molecular weight is 415 g/mol. The molecule has 0 aliphatic heterocycles. The Bertz CT molecular complexity index is 1140. The maximum Gasteiger partial charge on any atom is 0.273 e. The highest BCUT2D eigenvalue weighted by Crippen LogP contribution is 2.19. The zero-order valence-electron chi connectivity index (χ0n) is 16.7. The van der Waals surface area contributed by atoms with Crippen LogP contribution < -0.4 is 10.6 Å². The summed E-state index contributed by atoms with van der Waals surface area (Å²) in [5, 5.41) is 13.3. The van der Waals surface area contributed by atoms with E-state index in [1.807, 2.05) is 66.9 Å². The molecule has 2 heterocycles. The summed E-state index contributed by atoms with van der Waals surface area (Å²) in [7, 11) is 0. The number of amides is 2. The van der Waals surface area contributed by atoms with Crippen LogP contribution in [0.2, 0.25) is 0 Å². The summed E-state index contributed by atoms with van der Waals surface area (Å²) in [5.41, 5.74) is 3.02. The fraction of sp³-hybridized carbons (Fsp3) is 0.130. The summed E-state index contributed by atoms with van der Waals surface area (Å²) in [6.07, 6.45) is 4.29. The smallest absolute Gasteiger partial charge is 0.273 e. The number of rotatable bonds is 8. The van der Waals surface area contributed by atoms with Crippen molar-refractivity contribution in [1.82, 2.24) is 25.6 Å².